The SMILES string of the molecule is NCCc1ccc(N2CCN(CC(F)(F)F)CC2)cc1Br. The van der Waals surface area contributed by atoms with Crippen LogP contribution in [0.15, 0.2) is 22.7 Å². The largest absolute Gasteiger partial charge is 0.401 e. The predicted octanol–water partition coefficient (Wildman–Crippen LogP) is 2.63. The molecule has 0 bridgehead atoms. The van der Waals surface area contributed by atoms with E-state index in [0.29, 0.717) is 32.7 Å². The van der Waals surface area contributed by atoms with Crippen LogP contribution in [-0.2, 0) is 6.42 Å². The van der Waals surface area contributed by atoms with Gasteiger partial charge in [-0.15, -0.1) is 0 Å². The van der Waals surface area contributed by atoms with Gasteiger partial charge in [-0.05, 0) is 30.7 Å². The summed E-state index contributed by atoms with van der Waals surface area (Å²) < 4.78 is 38.1. The summed E-state index contributed by atoms with van der Waals surface area (Å²) in [5.74, 6) is 0. The van der Waals surface area contributed by atoms with Crippen molar-refractivity contribution in [2.75, 3.05) is 44.2 Å². The molecule has 0 amide bonds. The molecule has 7 heteroatoms. The summed E-state index contributed by atoms with van der Waals surface area (Å²) in [4.78, 5) is 3.57. The Morgan fingerprint density at radius 2 is 1.81 bits per heavy atom. The van der Waals surface area contributed by atoms with E-state index in [2.05, 4.69) is 20.8 Å². The van der Waals surface area contributed by atoms with Crippen LogP contribution in [0.25, 0.3) is 0 Å². The Bertz CT molecular complexity index is 471. The molecule has 1 fully saturated rings. The first kappa shape index (κ1) is 16.6. The lowest BCUT2D eigenvalue weighted by molar-refractivity contribution is -0.146. The van der Waals surface area contributed by atoms with Crippen molar-refractivity contribution in [3.8, 4) is 0 Å². The van der Waals surface area contributed by atoms with Gasteiger partial charge >= 0.3 is 6.18 Å². The minimum atomic E-state index is -4.12. The zero-order chi connectivity index (χ0) is 15.5. The van der Waals surface area contributed by atoms with Gasteiger partial charge in [-0.3, -0.25) is 4.90 Å². The van der Waals surface area contributed by atoms with E-state index in [0.717, 1.165) is 22.1 Å². The lowest BCUT2D eigenvalue weighted by Gasteiger charge is -2.36. The number of hydrogen-bond donors (Lipinski definition) is 1. The molecule has 0 atom stereocenters. The summed E-state index contributed by atoms with van der Waals surface area (Å²) >= 11 is 3.52. The topological polar surface area (TPSA) is 32.5 Å². The van der Waals surface area contributed by atoms with Crippen molar-refractivity contribution >= 4 is 21.6 Å². The molecule has 0 radical (unpaired) electrons. The quantitative estimate of drug-likeness (QED) is 0.890. The van der Waals surface area contributed by atoms with E-state index in [1.807, 2.05) is 18.2 Å². The summed E-state index contributed by atoms with van der Waals surface area (Å²) in [5.41, 5.74) is 7.73. The van der Waals surface area contributed by atoms with Crippen molar-refractivity contribution in [3.05, 3.63) is 28.2 Å². The third-order valence-electron chi connectivity index (χ3n) is 3.59. The second-order valence-corrected chi connectivity index (χ2v) is 6.05. The smallest absolute Gasteiger partial charge is 0.369 e. The minimum absolute atomic E-state index is 0.432. The first-order valence-electron chi connectivity index (χ1n) is 6.91. The molecule has 0 spiro atoms. The van der Waals surface area contributed by atoms with Crippen molar-refractivity contribution in [3.63, 3.8) is 0 Å². The van der Waals surface area contributed by atoms with Crippen LogP contribution in [0.2, 0.25) is 0 Å². The van der Waals surface area contributed by atoms with Gasteiger partial charge < -0.3 is 10.6 Å². The zero-order valence-electron chi connectivity index (χ0n) is 11.7. The molecule has 0 aromatic heterocycles. The van der Waals surface area contributed by atoms with E-state index in [4.69, 9.17) is 5.73 Å². The highest BCUT2D eigenvalue weighted by Gasteiger charge is 2.32. The molecule has 2 N–H and O–H groups in total. The molecule has 0 saturated carbocycles. The van der Waals surface area contributed by atoms with Gasteiger partial charge in [0, 0.05) is 36.3 Å². The highest BCUT2D eigenvalue weighted by molar-refractivity contribution is 9.10. The van der Waals surface area contributed by atoms with Gasteiger partial charge in [-0.25, -0.2) is 0 Å². The van der Waals surface area contributed by atoms with Crippen molar-refractivity contribution in [2.45, 2.75) is 12.6 Å². The van der Waals surface area contributed by atoms with Crippen molar-refractivity contribution in [2.24, 2.45) is 5.73 Å². The number of nitrogens with zero attached hydrogens (tertiary/aromatic N) is 2. The Balaban J connectivity index is 1.94. The highest BCUT2D eigenvalue weighted by atomic mass is 79.9. The molecule has 1 aromatic rings. The fraction of sp³-hybridized carbons (Fsp3) is 0.571. The Kier molecular flexibility index (Phi) is 5.51. The van der Waals surface area contributed by atoms with Crippen molar-refractivity contribution < 1.29 is 13.2 Å². The van der Waals surface area contributed by atoms with E-state index in [1.54, 1.807) is 0 Å². The van der Waals surface area contributed by atoms with Crippen molar-refractivity contribution in [1.29, 1.82) is 0 Å². The fourth-order valence-corrected chi connectivity index (χ4v) is 3.07. The summed E-state index contributed by atoms with van der Waals surface area (Å²) in [5, 5.41) is 0. The summed E-state index contributed by atoms with van der Waals surface area (Å²) in [6.45, 7) is 1.86. The van der Waals surface area contributed by atoms with E-state index >= 15 is 0 Å². The van der Waals surface area contributed by atoms with Crippen molar-refractivity contribution in [1.82, 2.24) is 4.90 Å². The highest BCUT2D eigenvalue weighted by Crippen LogP contribution is 2.26. The molecular formula is C14H19BrF3N3. The lowest BCUT2D eigenvalue weighted by atomic mass is 10.1. The first-order chi connectivity index (χ1) is 9.89. The third kappa shape index (κ3) is 4.86. The number of hydrogen-bond acceptors (Lipinski definition) is 3. The van der Waals surface area contributed by atoms with E-state index in [-0.39, 0.29) is 0 Å². The van der Waals surface area contributed by atoms with Gasteiger partial charge in [0.25, 0.3) is 0 Å². The second-order valence-electron chi connectivity index (χ2n) is 5.19. The number of anilines is 1. The van der Waals surface area contributed by atoms with Crippen LogP contribution in [0.1, 0.15) is 5.56 Å². The number of rotatable bonds is 4. The van der Waals surface area contributed by atoms with E-state index in [1.165, 1.54) is 4.90 Å². The van der Waals surface area contributed by atoms with Crippen LogP contribution >= 0.6 is 15.9 Å². The molecule has 1 aromatic carbocycles. The number of halogens is 4. The van der Waals surface area contributed by atoms with E-state index < -0.39 is 12.7 Å². The van der Waals surface area contributed by atoms with Crippen LogP contribution in [0.5, 0.6) is 0 Å². The molecule has 118 valence electrons. The average Bonchev–Trinajstić information content (AvgIpc) is 2.40. The summed E-state index contributed by atoms with van der Waals surface area (Å²) in [7, 11) is 0. The Labute approximate surface area is 131 Å². The number of benzene rings is 1. The Morgan fingerprint density at radius 3 is 2.33 bits per heavy atom. The van der Waals surface area contributed by atoms with Gasteiger partial charge in [0.15, 0.2) is 0 Å². The van der Waals surface area contributed by atoms with Gasteiger partial charge in [-0.1, -0.05) is 22.0 Å². The van der Waals surface area contributed by atoms with Gasteiger partial charge in [0.2, 0.25) is 0 Å². The Hall–Kier alpha value is -0.790. The third-order valence-corrected chi connectivity index (χ3v) is 4.33. The van der Waals surface area contributed by atoms with Crippen LogP contribution in [0.4, 0.5) is 18.9 Å². The van der Waals surface area contributed by atoms with Crippen LogP contribution in [0.3, 0.4) is 0 Å². The molecule has 21 heavy (non-hydrogen) atoms. The second kappa shape index (κ2) is 6.98. The molecular weight excluding hydrogens is 347 g/mol. The molecule has 0 unspecified atom stereocenters. The van der Waals surface area contributed by atoms with Crippen LogP contribution in [-0.4, -0.2) is 50.3 Å². The molecule has 2 rings (SSSR count). The molecule has 1 saturated heterocycles. The number of alkyl halides is 3. The first-order valence-corrected chi connectivity index (χ1v) is 7.71. The van der Waals surface area contributed by atoms with Crippen LogP contribution < -0.4 is 10.6 Å². The molecule has 1 heterocycles. The predicted molar refractivity (Wildman–Crippen MR) is 81.6 cm³/mol. The molecule has 3 nitrogen and oxygen atoms in total. The van der Waals surface area contributed by atoms with Gasteiger partial charge in [0.1, 0.15) is 0 Å². The minimum Gasteiger partial charge on any atom is -0.369 e. The maximum Gasteiger partial charge on any atom is 0.401 e. The zero-order valence-corrected chi connectivity index (χ0v) is 13.3. The normalized spacial score (nSPS) is 17.3. The van der Waals surface area contributed by atoms with Gasteiger partial charge in [-0.2, -0.15) is 13.2 Å². The monoisotopic (exact) mass is 365 g/mol. The lowest BCUT2D eigenvalue weighted by Crippen LogP contribution is -2.49. The molecule has 0 aliphatic carbocycles. The maximum absolute atomic E-state index is 12.4. The standard InChI is InChI=1S/C14H19BrF3N3/c15-13-9-12(2-1-11(13)3-4-19)21-7-5-20(6-8-21)10-14(16,17)18/h1-2,9H,3-8,10,19H2. The van der Waals surface area contributed by atoms with E-state index in [9.17, 15) is 13.2 Å². The van der Waals surface area contributed by atoms with Gasteiger partial charge in [0.05, 0.1) is 6.54 Å². The fourth-order valence-electron chi connectivity index (χ4n) is 2.51. The number of nitrogens with two attached hydrogens (primary N) is 1. The average molecular weight is 366 g/mol. The van der Waals surface area contributed by atoms with Crippen LogP contribution in [0, 0.1) is 0 Å². The summed E-state index contributed by atoms with van der Waals surface area (Å²) in [6.07, 6.45) is -3.31. The molecule has 1 aliphatic rings. The number of piperazine rings is 1. The Morgan fingerprint density at radius 1 is 1.14 bits per heavy atom. The summed E-state index contributed by atoms with van der Waals surface area (Å²) in [6, 6.07) is 6.05. The molecule has 1 aliphatic heterocycles. The maximum atomic E-state index is 12.4.